The number of rotatable bonds is 4. The third-order valence-corrected chi connectivity index (χ3v) is 4.74. The minimum absolute atomic E-state index is 0.0337. The number of aliphatic carboxylic acids is 1. The standard InChI is InChI=1S/C17H20N4O3.C2HF3O2/c1-18-17(22)7-14-10-20(9-13-4-5-19-21(13)14)8-12-2-3-15-16(6-12)24-11-23-15;3-2(4,5)1(6)7/h2-6,14H,7-11H2,1H3,(H,18,22);(H,6,7). The summed E-state index contributed by atoms with van der Waals surface area (Å²) in [4.78, 5) is 23.0. The number of nitrogens with one attached hydrogen (secondary N) is 1. The van der Waals surface area contributed by atoms with Crippen molar-refractivity contribution >= 4 is 11.9 Å². The molecule has 4 rings (SSSR count). The first-order valence-corrected chi connectivity index (χ1v) is 9.31. The molecule has 168 valence electrons. The van der Waals surface area contributed by atoms with Crippen LogP contribution in [0.3, 0.4) is 0 Å². The molecule has 12 heteroatoms. The van der Waals surface area contributed by atoms with Crippen LogP contribution in [0.25, 0.3) is 0 Å². The van der Waals surface area contributed by atoms with E-state index in [4.69, 9.17) is 19.4 Å². The number of benzene rings is 1. The zero-order chi connectivity index (χ0) is 22.6. The van der Waals surface area contributed by atoms with Crippen molar-refractivity contribution in [1.29, 1.82) is 0 Å². The lowest BCUT2D eigenvalue weighted by atomic mass is 10.1. The van der Waals surface area contributed by atoms with Crippen molar-refractivity contribution in [3.63, 3.8) is 0 Å². The van der Waals surface area contributed by atoms with Gasteiger partial charge in [0.05, 0.1) is 18.2 Å². The van der Waals surface area contributed by atoms with Crippen LogP contribution in [-0.2, 0) is 22.7 Å². The maximum absolute atomic E-state index is 11.8. The molecule has 1 atom stereocenters. The molecule has 2 aliphatic heterocycles. The number of hydrogen-bond acceptors (Lipinski definition) is 6. The van der Waals surface area contributed by atoms with Crippen LogP contribution in [0.4, 0.5) is 13.2 Å². The smallest absolute Gasteiger partial charge is 0.475 e. The molecule has 0 fully saturated rings. The summed E-state index contributed by atoms with van der Waals surface area (Å²) in [5, 5.41) is 14.2. The number of halogens is 3. The first-order valence-electron chi connectivity index (χ1n) is 9.31. The molecule has 0 saturated heterocycles. The Bertz CT molecular complexity index is 947. The predicted molar refractivity (Wildman–Crippen MR) is 100 cm³/mol. The van der Waals surface area contributed by atoms with E-state index in [1.165, 1.54) is 5.56 Å². The number of nitrogens with zero attached hydrogens (tertiary/aromatic N) is 3. The van der Waals surface area contributed by atoms with Crippen LogP contribution in [0.15, 0.2) is 30.5 Å². The maximum atomic E-state index is 11.8. The average Bonchev–Trinajstić information content (AvgIpc) is 3.36. The van der Waals surface area contributed by atoms with Gasteiger partial charge in [-0.3, -0.25) is 14.4 Å². The topological polar surface area (TPSA) is 106 Å². The van der Waals surface area contributed by atoms with Crippen molar-refractivity contribution in [1.82, 2.24) is 20.0 Å². The van der Waals surface area contributed by atoms with E-state index in [2.05, 4.69) is 21.4 Å². The molecule has 31 heavy (non-hydrogen) atoms. The number of carbonyl (C=O) groups is 2. The van der Waals surface area contributed by atoms with Crippen LogP contribution >= 0.6 is 0 Å². The number of hydrogen-bond donors (Lipinski definition) is 2. The monoisotopic (exact) mass is 442 g/mol. The van der Waals surface area contributed by atoms with Crippen molar-refractivity contribution in [2.75, 3.05) is 20.4 Å². The second kappa shape index (κ2) is 9.25. The van der Waals surface area contributed by atoms with Crippen molar-refractivity contribution in [2.45, 2.75) is 31.7 Å². The highest BCUT2D eigenvalue weighted by Crippen LogP contribution is 2.33. The Morgan fingerprint density at radius 2 is 1.97 bits per heavy atom. The van der Waals surface area contributed by atoms with Gasteiger partial charge in [-0.2, -0.15) is 18.3 Å². The summed E-state index contributed by atoms with van der Waals surface area (Å²) < 4.78 is 44.5. The highest BCUT2D eigenvalue weighted by molar-refractivity contribution is 5.76. The third kappa shape index (κ3) is 5.66. The molecular formula is C19H21F3N4O5. The van der Waals surface area contributed by atoms with Crippen LogP contribution in [0.1, 0.15) is 23.7 Å². The lowest BCUT2D eigenvalue weighted by Crippen LogP contribution is -2.39. The lowest BCUT2D eigenvalue weighted by Gasteiger charge is -2.33. The van der Waals surface area contributed by atoms with Gasteiger partial charge in [-0.25, -0.2) is 4.79 Å². The number of carbonyl (C=O) groups excluding carboxylic acids is 1. The fourth-order valence-electron chi connectivity index (χ4n) is 3.35. The SMILES string of the molecule is CNC(=O)CC1CN(Cc2ccc3c(c2)OCO3)Cc2ccnn21.O=C(O)C(F)(F)F. The van der Waals surface area contributed by atoms with Crippen LogP contribution < -0.4 is 14.8 Å². The van der Waals surface area contributed by atoms with Crippen LogP contribution in [0, 0.1) is 0 Å². The lowest BCUT2D eigenvalue weighted by molar-refractivity contribution is -0.192. The normalized spacial score (nSPS) is 17.4. The van der Waals surface area contributed by atoms with E-state index in [0.717, 1.165) is 36.8 Å². The molecule has 2 aromatic rings. The van der Waals surface area contributed by atoms with Gasteiger partial charge in [0.25, 0.3) is 0 Å². The number of aromatic nitrogens is 2. The zero-order valence-corrected chi connectivity index (χ0v) is 16.6. The second-order valence-corrected chi connectivity index (χ2v) is 6.96. The highest BCUT2D eigenvalue weighted by Gasteiger charge is 2.38. The molecule has 3 heterocycles. The summed E-state index contributed by atoms with van der Waals surface area (Å²) in [5.41, 5.74) is 2.31. The molecule has 0 spiro atoms. The molecule has 0 bridgehead atoms. The Morgan fingerprint density at radius 3 is 2.65 bits per heavy atom. The second-order valence-electron chi connectivity index (χ2n) is 6.96. The molecule has 2 aliphatic rings. The van der Waals surface area contributed by atoms with E-state index < -0.39 is 12.1 Å². The molecule has 1 amide bonds. The number of amides is 1. The molecule has 2 N–H and O–H groups in total. The fraction of sp³-hybridized carbons (Fsp3) is 0.421. The van der Waals surface area contributed by atoms with Gasteiger partial charge in [-0.1, -0.05) is 6.07 Å². The number of alkyl halides is 3. The van der Waals surface area contributed by atoms with Gasteiger partial charge < -0.3 is 19.9 Å². The number of carboxylic acid groups (broad SMARTS) is 1. The molecule has 0 aliphatic carbocycles. The average molecular weight is 442 g/mol. The Balaban J connectivity index is 0.000000339. The maximum Gasteiger partial charge on any atom is 0.490 e. The van der Waals surface area contributed by atoms with E-state index in [0.29, 0.717) is 6.42 Å². The van der Waals surface area contributed by atoms with Gasteiger partial charge in [0.1, 0.15) is 0 Å². The Labute approximate surface area is 175 Å². The zero-order valence-electron chi connectivity index (χ0n) is 16.6. The molecule has 9 nitrogen and oxygen atoms in total. The van der Waals surface area contributed by atoms with E-state index in [1.807, 2.05) is 22.9 Å². The minimum atomic E-state index is -5.08. The van der Waals surface area contributed by atoms with Gasteiger partial charge in [0, 0.05) is 32.9 Å². The van der Waals surface area contributed by atoms with Crippen molar-refractivity contribution in [3.8, 4) is 11.5 Å². The van der Waals surface area contributed by atoms with Gasteiger partial charge >= 0.3 is 12.1 Å². The van der Waals surface area contributed by atoms with Gasteiger partial charge in [-0.05, 0) is 23.8 Å². The van der Waals surface area contributed by atoms with Crippen molar-refractivity contribution in [2.24, 2.45) is 0 Å². The molecule has 0 radical (unpaired) electrons. The van der Waals surface area contributed by atoms with Crippen molar-refractivity contribution < 1.29 is 37.3 Å². The fourth-order valence-corrected chi connectivity index (χ4v) is 3.35. The first kappa shape index (κ1) is 22.4. The summed E-state index contributed by atoms with van der Waals surface area (Å²) in [6, 6.07) is 8.11. The van der Waals surface area contributed by atoms with Crippen LogP contribution in [0.2, 0.25) is 0 Å². The Morgan fingerprint density at radius 1 is 1.26 bits per heavy atom. The summed E-state index contributed by atoms with van der Waals surface area (Å²) in [7, 11) is 1.67. The largest absolute Gasteiger partial charge is 0.490 e. The molecule has 1 unspecified atom stereocenters. The van der Waals surface area contributed by atoms with Crippen LogP contribution in [0.5, 0.6) is 11.5 Å². The quantitative estimate of drug-likeness (QED) is 0.746. The Hall–Kier alpha value is -3.28. The van der Waals surface area contributed by atoms with Gasteiger partial charge in [0.15, 0.2) is 11.5 Å². The van der Waals surface area contributed by atoms with E-state index in [-0.39, 0.29) is 18.7 Å². The summed E-state index contributed by atoms with van der Waals surface area (Å²) in [6.45, 7) is 2.69. The third-order valence-electron chi connectivity index (χ3n) is 4.74. The number of fused-ring (bicyclic) bond motifs is 2. The van der Waals surface area contributed by atoms with Crippen LogP contribution in [-0.4, -0.2) is 58.2 Å². The Kier molecular flexibility index (Phi) is 6.68. The van der Waals surface area contributed by atoms with E-state index in [1.54, 1.807) is 13.2 Å². The molecular weight excluding hydrogens is 421 g/mol. The molecule has 0 saturated carbocycles. The summed E-state index contributed by atoms with van der Waals surface area (Å²) in [5.74, 6) is -1.12. The van der Waals surface area contributed by atoms with Crippen molar-refractivity contribution in [3.05, 3.63) is 41.7 Å². The summed E-state index contributed by atoms with van der Waals surface area (Å²) >= 11 is 0. The van der Waals surface area contributed by atoms with Gasteiger partial charge in [0.2, 0.25) is 12.7 Å². The predicted octanol–water partition coefficient (Wildman–Crippen LogP) is 1.94. The molecule has 1 aromatic carbocycles. The highest BCUT2D eigenvalue weighted by atomic mass is 19.4. The minimum Gasteiger partial charge on any atom is -0.475 e. The van der Waals surface area contributed by atoms with Gasteiger partial charge in [-0.15, -0.1) is 0 Å². The van der Waals surface area contributed by atoms with E-state index in [9.17, 15) is 18.0 Å². The number of carboxylic acids is 1. The number of ether oxygens (including phenoxy) is 2. The first-order chi connectivity index (χ1) is 14.7. The van der Waals surface area contributed by atoms with E-state index >= 15 is 0 Å². The molecule has 1 aromatic heterocycles. The summed E-state index contributed by atoms with van der Waals surface area (Å²) in [6.07, 6.45) is -2.85.